The lowest BCUT2D eigenvalue weighted by atomic mass is 9.99. The van der Waals surface area contributed by atoms with Gasteiger partial charge < -0.3 is 0 Å². The van der Waals surface area contributed by atoms with Gasteiger partial charge in [-0.15, -0.1) is 23.5 Å². The van der Waals surface area contributed by atoms with E-state index in [4.69, 9.17) is 4.99 Å². The van der Waals surface area contributed by atoms with Crippen LogP contribution >= 0.6 is 39.5 Å². The second-order valence-corrected chi connectivity index (χ2v) is 10.3. The van der Waals surface area contributed by atoms with Crippen molar-refractivity contribution < 1.29 is 0 Å². The number of thioether (sulfide) groups is 2. The van der Waals surface area contributed by atoms with E-state index in [0.717, 1.165) is 38.4 Å². The van der Waals surface area contributed by atoms with Crippen molar-refractivity contribution in [2.75, 3.05) is 11.5 Å². The number of rotatable bonds is 8. The fourth-order valence-electron chi connectivity index (χ4n) is 2.97. The van der Waals surface area contributed by atoms with Crippen LogP contribution in [0.3, 0.4) is 0 Å². The van der Waals surface area contributed by atoms with E-state index >= 15 is 0 Å². The molecule has 3 aromatic rings. The summed E-state index contributed by atoms with van der Waals surface area (Å²) in [4.78, 5) is 4.85. The molecule has 0 saturated heterocycles. The molecule has 4 heteroatoms. The molecule has 0 aliphatic carbocycles. The Morgan fingerprint density at radius 1 is 0.862 bits per heavy atom. The van der Waals surface area contributed by atoms with E-state index in [1.807, 2.05) is 35.7 Å². The third kappa shape index (κ3) is 6.13. The predicted octanol–water partition coefficient (Wildman–Crippen LogP) is 8.39. The summed E-state index contributed by atoms with van der Waals surface area (Å²) in [7, 11) is 0. The van der Waals surface area contributed by atoms with E-state index in [2.05, 4.69) is 102 Å². The Bertz CT molecular complexity index is 933. The average Bonchev–Trinajstić information content (AvgIpc) is 2.76. The van der Waals surface area contributed by atoms with Crippen molar-refractivity contribution in [3.63, 3.8) is 0 Å². The van der Waals surface area contributed by atoms with E-state index in [-0.39, 0.29) is 0 Å². The molecular weight excluding hydrogens is 458 g/mol. The molecule has 0 radical (unpaired) electrons. The molecule has 0 atom stereocenters. The Morgan fingerprint density at radius 2 is 1.41 bits per heavy atom. The van der Waals surface area contributed by atoms with Gasteiger partial charge in [-0.1, -0.05) is 90.4 Å². The Labute approximate surface area is 190 Å². The van der Waals surface area contributed by atoms with Gasteiger partial charge in [0.05, 0.1) is 15.8 Å². The van der Waals surface area contributed by atoms with E-state index in [1.54, 1.807) is 0 Å². The van der Waals surface area contributed by atoms with Crippen molar-refractivity contribution in [2.24, 2.45) is 4.99 Å². The Hall–Kier alpha value is -1.71. The van der Waals surface area contributed by atoms with Crippen LogP contribution in [0.5, 0.6) is 0 Å². The minimum Gasteiger partial charge on any atom is -0.205 e. The topological polar surface area (TPSA) is 12.4 Å². The first kappa shape index (κ1) is 22.0. The van der Waals surface area contributed by atoms with Gasteiger partial charge in [0.25, 0.3) is 0 Å². The van der Waals surface area contributed by atoms with Gasteiger partial charge in [0, 0.05) is 10.0 Å². The number of nitrogens with zero attached hydrogens (tertiary/aromatic N) is 1. The number of halogens is 1. The van der Waals surface area contributed by atoms with Gasteiger partial charge >= 0.3 is 0 Å². The number of aliphatic imine (C=N–C) groups is 1. The summed E-state index contributed by atoms with van der Waals surface area (Å²) in [5.41, 5.74) is 5.45. The molecule has 0 fully saturated rings. The molecule has 0 unspecified atom stereocenters. The molecule has 0 amide bonds. The van der Waals surface area contributed by atoms with E-state index in [9.17, 15) is 0 Å². The molecule has 3 aromatic carbocycles. The zero-order valence-corrected chi connectivity index (χ0v) is 19.9. The Morgan fingerprint density at radius 3 is 1.93 bits per heavy atom. The fourth-order valence-corrected chi connectivity index (χ4v) is 5.89. The van der Waals surface area contributed by atoms with Crippen LogP contribution < -0.4 is 0 Å². The van der Waals surface area contributed by atoms with Crippen molar-refractivity contribution in [3.8, 4) is 0 Å². The van der Waals surface area contributed by atoms with Gasteiger partial charge in [-0.2, -0.15) is 0 Å². The SMILES string of the molecule is CCSC(SCC)c1cc(Br)ccc1N=C=C(c1ccccc1)c1ccccc1. The molecule has 0 heterocycles. The minimum atomic E-state index is 0.361. The smallest absolute Gasteiger partial charge is 0.0782 e. The highest BCUT2D eigenvalue weighted by Gasteiger charge is 2.16. The van der Waals surface area contributed by atoms with Gasteiger partial charge in [-0.05, 0) is 46.7 Å². The lowest BCUT2D eigenvalue weighted by molar-refractivity contribution is 1.31. The molecule has 0 aliphatic heterocycles. The van der Waals surface area contributed by atoms with E-state index in [1.165, 1.54) is 5.56 Å². The standard InChI is InChI=1S/C25H24BrNS2/c1-3-28-25(29-4-2)22-17-21(26)15-16-24(22)27-18-23(19-11-7-5-8-12-19)20-13-9-6-10-14-20/h5-17,25H,3-4H2,1-2H3. The molecule has 0 spiro atoms. The largest absolute Gasteiger partial charge is 0.205 e. The van der Waals surface area contributed by atoms with Crippen molar-refractivity contribution in [1.29, 1.82) is 0 Å². The van der Waals surface area contributed by atoms with Crippen molar-refractivity contribution in [1.82, 2.24) is 0 Å². The van der Waals surface area contributed by atoms with Crippen molar-refractivity contribution in [2.45, 2.75) is 18.4 Å². The van der Waals surface area contributed by atoms with Crippen LogP contribution in [0.2, 0.25) is 0 Å². The van der Waals surface area contributed by atoms with Crippen LogP contribution in [0.25, 0.3) is 5.57 Å². The minimum absolute atomic E-state index is 0.361. The zero-order valence-electron chi connectivity index (χ0n) is 16.6. The molecule has 0 aliphatic rings. The maximum Gasteiger partial charge on any atom is 0.0782 e. The lowest BCUT2D eigenvalue weighted by Crippen LogP contribution is -1.93. The highest BCUT2D eigenvalue weighted by Crippen LogP contribution is 2.44. The summed E-state index contributed by atoms with van der Waals surface area (Å²) in [6.07, 6.45) is 0. The van der Waals surface area contributed by atoms with Crippen molar-refractivity contribution in [3.05, 3.63) is 100 Å². The number of hydrogen-bond donors (Lipinski definition) is 0. The first-order chi connectivity index (χ1) is 14.2. The molecule has 0 N–H and O–H groups in total. The summed E-state index contributed by atoms with van der Waals surface area (Å²) in [6.45, 7) is 4.41. The summed E-state index contributed by atoms with van der Waals surface area (Å²) < 4.78 is 1.44. The normalized spacial score (nSPS) is 10.6. The molecular formula is C25H24BrNS2. The van der Waals surface area contributed by atoms with Crippen LogP contribution in [0.1, 0.15) is 35.1 Å². The summed E-state index contributed by atoms with van der Waals surface area (Å²) in [5, 5.41) is 0. The number of benzene rings is 3. The first-order valence-corrected chi connectivity index (χ1v) is 12.6. The summed E-state index contributed by atoms with van der Waals surface area (Å²) in [5.74, 6) is 5.52. The van der Waals surface area contributed by atoms with E-state index in [0.29, 0.717) is 4.58 Å². The summed E-state index contributed by atoms with van der Waals surface area (Å²) >= 11 is 7.54. The van der Waals surface area contributed by atoms with Crippen LogP contribution in [0, 0.1) is 0 Å². The van der Waals surface area contributed by atoms with E-state index < -0.39 is 0 Å². The van der Waals surface area contributed by atoms with Crippen LogP contribution in [0.15, 0.2) is 88.3 Å². The maximum absolute atomic E-state index is 4.85. The van der Waals surface area contributed by atoms with Gasteiger partial charge in [0.2, 0.25) is 0 Å². The highest BCUT2D eigenvalue weighted by molar-refractivity contribution is 9.10. The van der Waals surface area contributed by atoms with Gasteiger partial charge in [0.1, 0.15) is 0 Å². The Kier molecular flexibility index (Phi) is 8.69. The Balaban J connectivity index is 2.13. The van der Waals surface area contributed by atoms with Gasteiger partial charge in [-0.3, -0.25) is 0 Å². The second kappa shape index (κ2) is 11.5. The van der Waals surface area contributed by atoms with Gasteiger partial charge in [-0.25, -0.2) is 4.99 Å². The maximum atomic E-state index is 4.85. The quantitative estimate of drug-likeness (QED) is 0.236. The third-order valence-electron chi connectivity index (χ3n) is 4.29. The monoisotopic (exact) mass is 481 g/mol. The molecule has 148 valence electrons. The van der Waals surface area contributed by atoms with Gasteiger partial charge in [0.15, 0.2) is 0 Å². The van der Waals surface area contributed by atoms with Crippen LogP contribution in [-0.4, -0.2) is 17.4 Å². The highest BCUT2D eigenvalue weighted by atomic mass is 79.9. The second-order valence-electron chi connectivity index (χ2n) is 6.28. The predicted molar refractivity (Wildman–Crippen MR) is 136 cm³/mol. The molecule has 0 bridgehead atoms. The summed E-state index contributed by atoms with van der Waals surface area (Å²) in [6, 6.07) is 27.0. The molecule has 3 rings (SSSR count). The van der Waals surface area contributed by atoms with Crippen LogP contribution in [-0.2, 0) is 0 Å². The molecule has 1 nitrogen and oxygen atoms in total. The first-order valence-electron chi connectivity index (χ1n) is 9.70. The fraction of sp³-hybridized carbons (Fsp3) is 0.200. The van der Waals surface area contributed by atoms with Crippen molar-refractivity contribution >= 4 is 56.6 Å². The molecule has 0 saturated carbocycles. The zero-order chi connectivity index (χ0) is 20.5. The average molecular weight is 483 g/mol. The van der Waals surface area contributed by atoms with Crippen LogP contribution in [0.4, 0.5) is 5.69 Å². The molecule has 29 heavy (non-hydrogen) atoms. The lowest BCUT2D eigenvalue weighted by Gasteiger charge is -2.17. The molecule has 0 aromatic heterocycles. The number of hydrogen-bond acceptors (Lipinski definition) is 3. The third-order valence-corrected chi connectivity index (χ3v) is 7.38.